The lowest BCUT2D eigenvalue weighted by Gasteiger charge is -2.13. The molecule has 0 heterocycles. The van der Waals surface area contributed by atoms with E-state index in [2.05, 4.69) is 26.6 Å². The van der Waals surface area contributed by atoms with Crippen molar-refractivity contribution in [2.45, 2.75) is 31.7 Å². The number of hydrogen-bond acceptors (Lipinski definition) is 6. The summed E-state index contributed by atoms with van der Waals surface area (Å²) in [5, 5.41) is 4.86. The number of rotatable bonds is 6. The standard InChI is InChI=1S/C17H21BrN2O6/c1-24-12-7-10(8-13(25-2)15(12)18)16(22)26-9-14(21)20-17(23)19-11-5-3-4-6-11/h7-8,11H,3-6,9H2,1-2H3,(H2,19,20,21,23). The van der Waals surface area contributed by atoms with E-state index in [1.807, 2.05) is 0 Å². The summed E-state index contributed by atoms with van der Waals surface area (Å²) in [6, 6.07) is 2.43. The Kier molecular flexibility index (Phi) is 7.26. The van der Waals surface area contributed by atoms with Gasteiger partial charge < -0.3 is 19.5 Å². The Labute approximate surface area is 159 Å². The van der Waals surface area contributed by atoms with Crippen LogP contribution in [-0.4, -0.2) is 44.8 Å². The van der Waals surface area contributed by atoms with Gasteiger partial charge in [0.25, 0.3) is 5.91 Å². The molecule has 2 N–H and O–H groups in total. The monoisotopic (exact) mass is 428 g/mol. The van der Waals surface area contributed by atoms with Crippen LogP contribution in [0.25, 0.3) is 0 Å². The summed E-state index contributed by atoms with van der Waals surface area (Å²) in [5.74, 6) is -0.668. The van der Waals surface area contributed by atoms with E-state index in [1.165, 1.54) is 26.4 Å². The fourth-order valence-corrected chi connectivity index (χ4v) is 3.21. The molecule has 8 nitrogen and oxygen atoms in total. The molecule has 0 bridgehead atoms. The van der Waals surface area contributed by atoms with E-state index in [4.69, 9.17) is 14.2 Å². The van der Waals surface area contributed by atoms with Crippen LogP contribution < -0.4 is 20.1 Å². The molecule has 0 radical (unpaired) electrons. The number of halogens is 1. The molecule has 142 valence electrons. The van der Waals surface area contributed by atoms with Gasteiger partial charge in [0.05, 0.1) is 19.8 Å². The molecule has 0 unspecified atom stereocenters. The van der Waals surface area contributed by atoms with Crippen molar-refractivity contribution in [3.05, 3.63) is 22.2 Å². The summed E-state index contributed by atoms with van der Waals surface area (Å²) in [6.07, 6.45) is 3.95. The molecule has 1 aliphatic carbocycles. The lowest BCUT2D eigenvalue weighted by Crippen LogP contribution is -2.44. The highest BCUT2D eigenvalue weighted by Crippen LogP contribution is 2.35. The van der Waals surface area contributed by atoms with E-state index in [0.717, 1.165) is 25.7 Å². The zero-order valence-corrected chi connectivity index (χ0v) is 16.2. The molecule has 1 saturated carbocycles. The Bertz CT molecular complexity index is 663. The molecule has 0 aliphatic heterocycles. The number of nitrogens with one attached hydrogen (secondary N) is 2. The molecule has 3 amide bonds. The Morgan fingerprint density at radius 2 is 1.69 bits per heavy atom. The molecular formula is C17H21BrN2O6. The highest BCUT2D eigenvalue weighted by Gasteiger charge is 2.20. The van der Waals surface area contributed by atoms with E-state index in [1.54, 1.807) is 0 Å². The van der Waals surface area contributed by atoms with Crippen LogP contribution in [0.4, 0.5) is 4.79 Å². The molecule has 9 heteroatoms. The van der Waals surface area contributed by atoms with Crippen molar-refractivity contribution < 1.29 is 28.6 Å². The number of ether oxygens (including phenoxy) is 3. The Balaban J connectivity index is 1.87. The van der Waals surface area contributed by atoms with Crippen molar-refractivity contribution in [1.29, 1.82) is 0 Å². The molecule has 1 aromatic rings. The number of methoxy groups -OCH3 is 2. The molecule has 1 aromatic carbocycles. The maximum Gasteiger partial charge on any atom is 0.338 e. The Morgan fingerprint density at radius 1 is 1.12 bits per heavy atom. The van der Waals surface area contributed by atoms with Crippen LogP contribution in [0.5, 0.6) is 11.5 Å². The SMILES string of the molecule is COc1cc(C(=O)OCC(=O)NC(=O)NC2CCCC2)cc(OC)c1Br. The molecule has 0 aromatic heterocycles. The Morgan fingerprint density at radius 3 is 2.23 bits per heavy atom. The zero-order chi connectivity index (χ0) is 19.1. The summed E-state index contributed by atoms with van der Waals surface area (Å²) >= 11 is 3.30. The van der Waals surface area contributed by atoms with Gasteiger partial charge >= 0.3 is 12.0 Å². The number of carbonyl (C=O) groups is 3. The van der Waals surface area contributed by atoms with Crippen LogP contribution in [0.2, 0.25) is 0 Å². The van der Waals surface area contributed by atoms with Gasteiger partial charge in [-0.1, -0.05) is 12.8 Å². The smallest absolute Gasteiger partial charge is 0.338 e. The third-order valence-corrected chi connectivity index (χ3v) is 4.74. The van der Waals surface area contributed by atoms with Gasteiger partial charge in [0, 0.05) is 6.04 Å². The normalized spacial score (nSPS) is 13.8. The van der Waals surface area contributed by atoms with Gasteiger partial charge in [0.15, 0.2) is 6.61 Å². The number of hydrogen-bond donors (Lipinski definition) is 2. The number of urea groups is 1. The third kappa shape index (κ3) is 5.35. The molecule has 0 saturated heterocycles. The molecule has 1 fully saturated rings. The number of benzene rings is 1. The lowest BCUT2D eigenvalue weighted by atomic mass is 10.2. The van der Waals surface area contributed by atoms with Crippen molar-refractivity contribution >= 4 is 33.8 Å². The summed E-state index contributed by atoms with van der Waals surface area (Å²) in [4.78, 5) is 35.6. The number of amides is 3. The quantitative estimate of drug-likeness (QED) is 0.674. The predicted molar refractivity (Wildman–Crippen MR) is 96.5 cm³/mol. The van der Waals surface area contributed by atoms with Crippen LogP contribution in [0.15, 0.2) is 16.6 Å². The van der Waals surface area contributed by atoms with E-state index >= 15 is 0 Å². The second-order valence-corrected chi connectivity index (χ2v) is 6.57. The van der Waals surface area contributed by atoms with Crippen molar-refractivity contribution in [2.24, 2.45) is 0 Å². The summed E-state index contributed by atoms with van der Waals surface area (Å²) in [7, 11) is 2.90. The van der Waals surface area contributed by atoms with Gasteiger partial charge in [-0.15, -0.1) is 0 Å². The minimum absolute atomic E-state index is 0.0908. The highest BCUT2D eigenvalue weighted by atomic mass is 79.9. The number of carbonyl (C=O) groups excluding carboxylic acids is 3. The van der Waals surface area contributed by atoms with Crippen LogP contribution >= 0.6 is 15.9 Å². The first kappa shape index (κ1) is 20.0. The minimum Gasteiger partial charge on any atom is -0.495 e. The van der Waals surface area contributed by atoms with Gasteiger partial charge in [-0.25, -0.2) is 9.59 Å². The summed E-state index contributed by atoms with van der Waals surface area (Å²) in [5.41, 5.74) is 0.158. The van der Waals surface area contributed by atoms with E-state index in [9.17, 15) is 14.4 Å². The summed E-state index contributed by atoms with van der Waals surface area (Å²) < 4.78 is 15.8. The van der Waals surface area contributed by atoms with Gasteiger partial charge in [-0.3, -0.25) is 10.1 Å². The molecule has 0 spiro atoms. The van der Waals surface area contributed by atoms with Crippen molar-refractivity contribution in [3.8, 4) is 11.5 Å². The van der Waals surface area contributed by atoms with Gasteiger partial charge in [0.2, 0.25) is 0 Å². The molecule has 1 aliphatic rings. The van der Waals surface area contributed by atoms with E-state index in [0.29, 0.717) is 16.0 Å². The Hall–Kier alpha value is -2.29. The highest BCUT2D eigenvalue weighted by molar-refractivity contribution is 9.10. The van der Waals surface area contributed by atoms with E-state index < -0.39 is 24.5 Å². The molecule has 26 heavy (non-hydrogen) atoms. The van der Waals surface area contributed by atoms with Crippen molar-refractivity contribution in [1.82, 2.24) is 10.6 Å². The first-order chi connectivity index (χ1) is 12.4. The summed E-state index contributed by atoms with van der Waals surface area (Å²) in [6.45, 7) is -0.572. The van der Waals surface area contributed by atoms with Crippen LogP contribution in [0.1, 0.15) is 36.0 Å². The van der Waals surface area contributed by atoms with Crippen molar-refractivity contribution in [3.63, 3.8) is 0 Å². The fraction of sp³-hybridized carbons (Fsp3) is 0.471. The molecule has 0 atom stereocenters. The second kappa shape index (κ2) is 9.42. The van der Waals surface area contributed by atoms with Crippen LogP contribution in [-0.2, 0) is 9.53 Å². The topological polar surface area (TPSA) is 103 Å². The van der Waals surface area contributed by atoms with Crippen LogP contribution in [0, 0.1) is 0 Å². The average molecular weight is 429 g/mol. The minimum atomic E-state index is -0.736. The number of imide groups is 1. The second-order valence-electron chi connectivity index (χ2n) is 5.77. The zero-order valence-electron chi connectivity index (χ0n) is 14.6. The maximum atomic E-state index is 12.1. The van der Waals surface area contributed by atoms with Crippen LogP contribution in [0.3, 0.4) is 0 Å². The van der Waals surface area contributed by atoms with Crippen molar-refractivity contribution in [2.75, 3.05) is 20.8 Å². The largest absolute Gasteiger partial charge is 0.495 e. The average Bonchev–Trinajstić information content (AvgIpc) is 3.12. The van der Waals surface area contributed by atoms with E-state index in [-0.39, 0.29) is 11.6 Å². The fourth-order valence-electron chi connectivity index (χ4n) is 2.66. The lowest BCUT2D eigenvalue weighted by molar-refractivity contribution is -0.123. The first-order valence-electron chi connectivity index (χ1n) is 8.13. The molecule has 2 rings (SSSR count). The predicted octanol–water partition coefficient (Wildman–Crippen LogP) is 2.39. The maximum absolute atomic E-state index is 12.1. The van der Waals surface area contributed by atoms with Gasteiger partial charge in [-0.05, 0) is 40.9 Å². The van der Waals surface area contributed by atoms with Gasteiger partial charge in [0.1, 0.15) is 16.0 Å². The third-order valence-electron chi connectivity index (χ3n) is 3.96. The first-order valence-corrected chi connectivity index (χ1v) is 8.93. The van der Waals surface area contributed by atoms with Gasteiger partial charge in [-0.2, -0.15) is 0 Å². The molecular weight excluding hydrogens is 408 g/mol. The number of esters is 1.